The Morgan fingerprint density at radius 3 is 2.21 bits per heavy atom. The average molecular weight is 469 g/mol. The molecule has 0 saturated heterocycles. The summed E-state index contributed by atoms with van der Waals surface area (Å²) in [6.07, 6.45) is 15.9. The molecule has 0 amide bonds. The lowest BCUT2D eigenvalue weighted by Gasteiger charge is -2.71. The second-order valence-corrected chi connectivity index (χ2v) is 15.8. The van der Waals surface area contributed by atoms with Crippen LogP contribution in [0.4, 0.5) is 0 Å². The summed E-state index contributed by atoms with van der Waals surface area (Å²) in [5, 5.41) is 0. The van der Waals surface area contributed by atoms with Crippen LogP contribution in [0.15, 0.2) is 11.6 Å². The number of hydrogen-bond donors (Lipinski definition) is 0. The number of carbonyl (C=O) groups is 1. The molecule has 0 spiro atoms. The van der Waals surface area contributed by atoms with Gasteiger partial charge in [-0.3, -0.25) is 4.79 Å². The molecule has 4 saturated carbocycles. The van der Waals surface area contributed by atoms with E-state index in [-0.39, 0.29) is 17.5 Å². The van der Waals surface area contributed by atoms with Gasteiger partial charge in [0.1, 0.15) is 6.10 Å². The van der Waals surface area contributed by atoms with Crippen molar-refractivity contribution in [1.29, 1.82) is 0 Å². The molecule has 0 aromatic heterocycles. The van der Waals surface area contributed by atoms with Gasteiger partial charge in [0.05, 0.1) is 0 Å². The predicted molar refractivity (Wildman–Crippen MR) is 140 cm³/mol. The highest BCUT2D eigenvalue weighted by molar-refractivity contribution is 5.66. The summed E-state index contributed by atoms with van der Waals surface area (Å²) >= 11 is 0. The van der Waals surface area contributed by atoms with Gasteiger partial charge in [-0.15, -0.1) is 0 Å². The Balaban J connectivity index is 1.53. The Morgan fingerprint density at radius 1 is 0.853 bits per heavy atom. The van der Waals surface area contributed by atoms with Gasteiger partial charge in [-0.1, -0.05) is 67.0 Å². The summed E-state index contributed by atoms with van der Waals surface area (Å²) in [5.41, 5.74) is 3.92. The van der Waals surface area contributed by atoms with Gasteiger partial charge in [-0.2, -0.15) is 0 Å². The van der Waals surface area contributed by atoms with Crippen LogP contribution in [0.2, 0.25) is 0 Å². The van der Waals surface area contributed by atoms with E-state index in [2.05, 4.69) is 61.5 Å². The standard InChI is InChI=1S/C32H52O2/c1-21(33)34-26-13-14-30(7)24(28(26,4)5)12-15-32(9)25(30)11-10-22-23-20-27(2,3)16-17-29(23,6)18-19-31(22,32)8/h10,23-26H,11-20H2,1-9H3/t23-,24+,25+,26-,29+,30-,31-,32+/m1/s1. The molecule has 34 heavy (non-hydrogen) atoms. The number of allylic oxidation sites excluding steroid dienone is 2. The van der Waals surface area contributed by atoms with E-state index in [1.807, 2.05) is 5.57 Å². The Labute approximate surface area is 210 Å². The van der Waals surface area contributed by atoms with Crippen molar-refractivity contribution in [3.8, 4) is 0 Å². The topological polar surface area (TPSA) is 26.3 Å². The van der Waals surface area contributed by atoms with Crippen molar-refractivity contribution in [2.24, 2.45) is 50.2 Å². The van der Waals surface area contributed by atoms with Gasteiger partial charge in [-0.05, 0) is 109 Å². The maximum atomic E-state index is 11.9. The first kappa shape index (κ1) is 24.9. The van der Waals surface area contributed by atoms with Crippen LogP contribution in [0.25, 0.3) is 0 Å². The quantitative estimate of drug-likeness (QED) is 0.284. The first-order valence-corrected chi connectivity index (χ1v) is 14.5. The molecule has 0 aromatic carbocycles. The monoisotopic (exact) mass is 468 g/mol. The molecular formula is C32H52O2. The fourth-order valence-corrected chi connectivity index (χ4v) is 10.9. The second kappa shape index (κ2) is 7.38. The predicted octanol–water partition coefficient (Wildman–Crippen LogP) is 8.74. The van der Waals surface area contributed by atoms with Gasteiger partial charge in [-0.25, -0.2) is 0 Å². The van der Waals surface area contributed by atoms with E-state index < -0.39 is 0 Å². The average Bonchev–Trinajstić information content (AvgIpc) is 2.72. The first-order valence-electron chi connectivity index (χ1n) is 14.5. The van der Waals surface area contributed by atoms with Crippen molar-refractivity contribution in [3.05, 3.63) is 11.6 Å². The summed E-state index contributed by atoms with van der Waals surface area (Å²) in [6, 6.07) is 0. The van der Waals surface area contributed by atoms with Gasteiger partial charge in [0.2, 0.25) is 0 Å². The minimum absolute atomic E-state index is 0.0451. The van der Waals surface area contributed by atoms with Crippen molar-refractivity contribution >= 4 is 5.97 Å². The van der Waals surface area contributed by atoms with Crippen LogP contribution < -0.4 is 0 Å². The van der Waals surface area contributed by atoms with Crippen LogP contribution >= 0.6 is 0 Å². The number of carbonyl (C=O) groups excluding carboxylic acids is 1. The molecule has 5 rings (SSSR count). The summed E-state index contributed by atoms with van der Waals surface area (Å²) in [7, 11) is 0. The highest BCUT2D eigenvalue weighted by Gasteiger charge is 2.68. The normalized spacial score (nSPS) is 51.1. The van der Waals surface area contributed by atoms with E-state index in [4.69, 9.17) is 4.74 Å². The fraction of sp³-hybridized carbons (Fsp3) is 0.906. The van der Waals surface area contributed by atoms with Crippen molar-refractivity contribution in [1.82, 2.24) is 0 Å². The summed E-state index contributed by atoms with van der Waals surface area (Å²) in [6.45, 7) is 22.0. The minimum atomic E-state index is -0.110. The van der Waals surface area contributed by atoms with Gasteiger partial charge in [0.15, 0.2) is 0 Å². The van der Waals surface area contributed by atoms with Crippen molar-refractivity contribution in [3.63, 3.8) is 0 Å². The summed E-state index contributed by atoms with van der Waals surface area (Å²) in [4.78, 5) is 11.9. The zero-order valence-electron chi connectivity index (χ0n) is 23.8. The van der Waals surface area contributed by atoms with Gasteiger partial charge in [0.25, 0.3) is 0 Å². The third-order valence-electron chi connectivity index (χ3n) is 13.3. The SMILES string of the molecule is CC(=O)O[C@@H]1CC[C@]2(C)[C@@H](CC[C@@]3(C)[C@H]2CC=C2[C@H]4CC(C)(C)CC[C@@]4(C)CC[C@]23C)C1(C)C. The van der Waals surface area contributed by atoms with Crippen molar-refractivity contribution in [2.45, 2.75) is 133 Å². The van der Waals surface area contributed by atoms with Crippen LogP contribution in [0.3, 0.4) is 0 Å². The molecule has 4 fully saturated rings. The van der Waals surface area contributed by atoms with Crippen LogP contribution in [-0.2, 0) is 9.53 Å². The Morgan fingerprint density at radius 2 is 1.53 bits per heavy atom. The largest absolute Gasteiger partial charge is 0.462 e. The Bertz CT molecular complexity index is 897. The van der Waals surface area contributed by atoms with E-state index in [1.165, 1.54) is 57.8 Å². The van der Waals surface area contributed by atoms with Crippen molar-refractivity contribution < 1.29 is 9.53 Å². The molecule has 8 atom stereocenters. The third kappa shape index (κ3) is 3.21. The molecule has 0 aromatic rings. The van der Waals surface area contributed by atoms with E-state index in [0.717, 1.165) is 18.3 Å². The fourth-order valence-electron chi connectivity index (χ4n) is 10.9. The lowest BCUT2D eigenvalue weighted by Crippen LogP contribution is -2.64. The van der Waals surface area contributed by atoms with E-state index in [9.17, 15) is 4.79 Å². The molecule has 0 radical (unpaired) electrons. The number of ether oxygens (including phenoxy) is 1. The lowest BCUT2D eigenvalue weighted by atomic mass is 9.33. The second-order valence-electron chi connectivity index (χ2n) is 15.8. The lowest BCUT2D eigenvalue weighted by molar-refractivity contribution is -0.211. The smallest absolute Gasteiger partial charge is 0.302 e. The highest BCUT2D eigenvalue weighted by atomic mass is 16.5. The zero-order valence-corrected chi connectivity index (χ0v) is 23.8. The Kier molecular flexibility index (Phi) is 5.40. The molecule has 0 heterocycles. The molecule has 2 nitrogen and oxygen atoms in total. The molecule has 0 unspecified atom stereocenters. The van der Waals surface area contributed by atoms with E-state index in [0.29, 0.717) is 33.0 Å². The van der Waals surface area contributed by atoms with Crippen molar-refractivity contribution in [2.75, 3.05) is 0 Å². The van der Waals surface area contributed by atoms with Gasteiger partial charge >= 0.3 is 5.97 Å². The van der Waals surface area contributed by atoms with E-state index in [1.54, 1.807) is 6.92 Å². The number of rotatable bonds is 1. The van der Waals surface area contributed by atoms with Crippen LogP contribution in [0.1, 0.15) is 127 Å². The molecule has 192 valence electrons. The van der Waals surface area contributed by atoms with Crippen LogP contribution in [-0.4, -0.2) is 12.1 Å². The van der Waals surface area contributed by atoms with Gasteiger partial charge in [0, 0.05) is 12.3 Å². The molecular weight excluding hydrogens is 416 g/mol. The summed E-state index contributed by atoms with van der Waals surface area (Å²) < 4.78 is 5.91. The molecule has 2 heteroatoms. The maximum absolute atomic E-state index is 11.9. The zero-order chi connectivity index (χ0) is 24.9. The summed E-state index contributed by atoms with van der Waals surface area (Å²) in [5.74, 6) is 2.01. The number of hydrogen-bond acceptors (Lipinski definition) is 2. The maximum Gasteiger partial charge on any atom is 0.302 e. The highest BCUT2D eigenvalue weighted by Crippen LogP contribution is 2.75. The minimum Gasteiger partial charge on any atom is -0.462 e. The molecule has 5 aliphatic rings. The Hall–Kier alpha value is -0.790. The molecule has 0 bridgehead atoms. The van der Waals surface area contributed by atoms with Crippen LogP contribution in [0, 0.1) is 50.2 Å². The number of fused-ring (bicyclic) bond motifs is 7. The number of esters is 1. The van der Waals surface area contributed by atoms with Gasteiger partial charge < -0.3 is 4.74 Å². The molecule has 0 aliphatic heterocycles. The molecule has 5 aliphatic carbocycles. The third-order valence-corrected chi connectivity index (χ3v) is 13.3. The first-order chi connectivity index (χ1) is 15.6. The van der Waals surface area contributed by atoms with E-state index >= 15 is 0 Å². The van der Waals surface area contributed by atoms with Crippen LogP contribution in [0.5, 0.6) is 0 Å². The molecule has 0 N–H and O–H groups in total.